The standard InChI is InChI=1S/C14H24N2O4/c1-9(8-11(17)18)15-12(19)10-6-5-7-16(10)13(20)14(2,3)4/h9-10H,5-8H2,1-4H3,(H,15,19)(H,17,18)/t9-,10+/m1/s1. The molecule has 2 amide bonds. The Balaban J connectivity index is 2.67. The molecular formula is C14H24N2O4. The van der Waals surface area contributed by atoms with Crippen LogP contribution < -0.4 is 5.32 Å². The van der Waals surface area contributed by atoms with Crippen LogP contribution in [-0.2, 0) is 14.4 Å². The van der Waals surface area contributed by atoms with Crippen LogP contribution in [0.5, 0.6) is 0 Å². The Morgan fingerprint density at radius 3 is 2.45 bits per heavy atom. The second kappa shape index (κ2) is 6.24. The number of aliphatic carboxylic acids is 1. The minimum atomic E-state index is -0.952. The van der Waals surface area contributed by atoms with Crippen LogP contribution in [0.3, 0.4) is 0 Å². The zero-order chi connectivity index (χ0) is 15.5. The number of carbonyl (C=O) groups is 3. The summed E-state index contributed by atoms with van der Waals surface area (Å²) >= 11 is 0. The van der Waals surface area contributed by atoms with E-state index in [1.165, 1.54) is 0 Å². The summed E-state index contributed by atoms with van der Waals surface area (Å²) in [5.41, 5.74) is -0.518. The average molecular weight is 284 g/mol. The van der Waals surface area contributed by atoms with Crippen LogP contribution >= 0.6 is 0 Å². The Hall–Kier alpha value is -1.59. The van der Waals surface area contributed by atoms with Crippen molar-refractivity contribution in [3.8, 4) is 0 Å². The van der Waals surface area contributed by atoms with Gasteiger partial charge in [0.1, 0.15) is 6.04 Å². The van der Waals surface area contributed by atoms with Gasteiger partial charge in [0.25, 0.3) is 0 Å². The van der Waals surface area contributed by atoms with Gasteiger partial charge in [-0.1, -0.05) is 20.8 Å². The fourth-order valence-corrected chi connectivity index (χ4v) is 2.37. The number of hydrogen-bond acceptors (Lipinski definition) is 3. The van der Waals surface area contributed by atoms with Crippen LogP contribution in [0.1, 0.15) is 47.0 Å². The number of nitrogens with zero attached hydrogens (tertiary/aromatic N) is 1. The number of likely N-dealkylation sites (tertiary alicyclic amines) is 1. The van der Waals surface area contributed by atoms with Gasteiger partial charge in [-0.25, -0.2) is 0 Å². The lowest BCUT2D eigenvalue weighted by atomic mass is 9.94. The molecule has 1 fully saturated rings. The summed E-state index contributed by atoms with van der Waals surface area (Å²) in [6.07, 6.45) is 1.31. The van der Waals surface area contributed by atoms with Crippen LogP contribution in [0.2, 0.25) is 0 Å². The molecule has 1 heterocycles. The number of carboxylic acids is 1. The SMILES string of the molecule is C[C@H](CC(=O)O)NC(=O)[C@@H]1CCCN1C(=O)C(C)(C)C. The molecule has 0 aliphatic carbocycles. The van der Waals surface area contributed by atoms with Gasteiger partial charge in [0.15, 0.2) is 0 Å². The smallest absolute Gasteiger partial charge is 0.305 e. The van der Waals surface area contributed by atoms with E-state index in [4.69, 9.17) is 5.11 Å². The van der Waals surface area contributed by atoms with Crippen molar-refractivity contribution in [2.75, 3.05) is 6.54 Å². The van der Waals surface area contributed by atoms with Crippen LogP contribution in [0.15, 0.2) is 0 Å². The van der Waals surface area contributed by atoms with E-state index in [1.807, 2.05) is 20.8 Å². The molecule has 1 rings (SSSR count). The molecule has 114 valence electrons. The third-order valence-electron chi connectivity index (χ3n) is 3.33. The summed E-state index contributed by atoms with van der Waals surface area (Å²) in [4.78, 5) is 36.7. The summed E-state index contributed by atoms with van der Waals surface area (Å²) in [6.45, 7) is 7.72. The third-order valence-corrected chi connectivity index (χ3v) is 3.33. The number of amides is 2. The van der Waals surface area contributed by atoms with Crippen molar-refractivity contribution in [1.29, 1.82) is 0 Å². The van der Waals surface area contributed by atoms with Crippen molar-refractivity contribution in [2.24, 2.45) is 5.41 Å². The largest absolute Gasteiger partial charge is 0.481 e. The predicted molar refractivity (Wildman–Crippen MR) is 74.0 cm³/mol. The lowest BCUT2D eigenvalue weighted by Gasteiger charge is -2.30. The highest BCUT2D eigenvalue weighted by molar-refractivity contribution is 5.90. The number of rotatable bonds is 4. The second-order valence-electron chi connectivity index (χ2n) is 6.41. The quantitative estimate of drug-likeness (QED) is 0.806. The number of carbonyl (C=O) groups excluding carboxylic acids is 2. The Morgan fingerprint density at radius 1 is 1.35 bits per heavy atom. The topological polar surface area (TPSA) is 86.7 Å². The highest BCUT2D eigenvalue weighted by Crippen LogP contribution is 2.25. The minimum absolute atomic E-state index is 0.0407. The van der Waals surface area contributed by atoms with Gasteiger partial charge in [-0.05, 0) is 19.8 Å². The van der Waals surface area contributed by atoms with Gasteiger partial charge in [-0.15, -0.1) is 0 Å². The van der Waals surface area contributed by atoms with Crippen molar-refractivity contribution in [1.82, 2.24) is 10.2 Å². The van der Waals surface area contributed by atoms with Crippen LogP contribution in [0, 0.1) is 5.41 Å². The highest BCUT2D eigenvalue weighted by Gasteiger charge is 2.38. The average Bonchev–Trinajstić information content (AvgIpc) is 2.73. The van der Waals surface area contributed by atoms with E-state index in [0.717, 1.165) is 6.42 Å². The molecule has 6 nitrogen and oxygen atoms in total. The van der Waals surface area contributed by atoms with Crippen LogP contribution in [0.25, 0.3) is 0 Å². The Labute approximate surface area is 119 Å². The van der Waals surface area contributed by atoms with E-state index in [2.05, 4.69) is 5.32 Å². The maximum atomic E-state index is 12.3. The molecule has 0 radical (unpaired) electrons. The molecule has 0 aromatic carbocycles. The molecular weight excluding hydrogens is 260 g/mol. The van der Waals surface area contributed by atoms with Crippen molar-refractivity contribution < 1.29 is 19.5 Å². The van der Waals surface area contributed by atoms with E-state index in [9.17, 15) is 14.4 Å². The third kappa shape index (κ3) is 4.21. The van der Waals surface area contributed by atoms with Crippen molar-refractivity contribution in [3.05, 3.63) is 0 Å². The van der Waals surface area contributed by atoms with E-state index < -0.39 is 23.5 Å². The van der Waals surface area contributed by atoms with E-state index >= 15 is 0 Å². The lowest BCUT2D eigenvalue weighted by molar-refractivity contribution is -0.145. The number of carboxylic acid groups (broad SMARTS) is 1. The molecule has 6 heteroatoms. The van der Waals surface area contributed by atoms with E-state index in [1.54, 1.807) is 11.8 Å². The monoisotopic (exact) mass is 284 g/mol. The molecule has 0 spiro atoms. The normalized spacial score (nSPS) is 20.6. The first-order valence-electron chi connectivity index (χ1n) is 6.96. The zero-order valence-electron chi connectivity index (χ0n) is 12.6. The molecule has 20 heavy (non-hydrogen) atoms. The molecule has 0 aromatic heterocycles. The molecule has 2 atom stereocenters. The molecule has 0 aromatic rings. The maximum absolute atomic E-state index is 12.3. The Kier molecular flexibility index (Phi) is 5.14. The van der Waals surface area contributed by atoms with E-state index in [0.29, 0.717) is 13.0 Å². The van der Waals surface area contributed by atoms with Gasteiger partial charge in [-0.2, -0.15) is 0 Å². The predicted octanol–water partition coefficient (Wildman–Crippen LogP) is 1.00. The van der Waals surface area contributed by atoms with Gasteiger partial charge in [-0.3, -0.25) is 14.4 Å². The van der Waals surface area contributed by atoms with Crippen LogP contribution in [-0.4, -0.2) is 46.4 Å². The summed E-state index contributed by atoms with van der Waals surface area (Å²) in [5, 5.41) is 11.4. The minimum Gasteiger partial charge on any atom is -0.481 e. The van der Waals surface area contributed by atoms with Gasteiger partial charge in [0, 0.05) is 18.0 Å². The fraction of sp³-hybridized carbons (Fsp3) is 0.786. The van der Waals surface area contributed by atoms with Gasteiger partial charge >= 0.3 is 5.97 Å². The fourth-order valence-electron chi connectivity index (χ4n) is 2.37. The molecule has 1 aliphatic rings. The van der Waals surface area contributed by atoms with Gasteiger partial charge in [0.2, 0.25) is 11.8 Å². The number of nitrogens with one attached hydrogen (secondary N) is 1. The molecule has 1 saturated heterocycles. The van der Waals surface area contributed by atoms with E-state index in [-0.39, 0.29) is 18.2 Å². The zero-order valence-corrected chi connectivity index (χ0v) is 12.6. The van der Waals surface area contributed by atoms with Crippen molar-refractivity contribution in [3.63, 3.8) is 0 Å². The van der Waals surface area contributed by atoms with Crippen LogP contribution in [0.4, 0.5) is 0 Å². The Bertz CT molecular complexity index is 400. The highest BCUT2D eigenvalue weighted by atomic mass is 16.4. The van der Waals surface area contributed by atoms with Crippen molar-refractivity contribution in [2.45, 2.75) is 59.0 Å². The first-order chi connectivity index (χ1) is 9.12. The molecule has 0 unspecified atom stereocenters. The van der Waals surface area contributed by atoms with Gasteiger partial charge < -0.3 is 15.3 Å². The summed E-state index contributed by atoms with van der Waals surface area (Å²) in [5.74, 6) is -1.25. The Morgan fingerprint density at radius 2 is 1.95 bits per heavy atom. The first-order valence-corrected chi connectivity index (χ1v) is 6.96. The lowest BCUT2D eigenvalue weighted by Crippen LogP contribution is -2.51. The summed E-state index contributed by atoms with van der Waals surface area (Å²) in [6, 6.07) is -0.912. The summed E-state index contributed by atoms with van der Waals surface area (Å²) < 4.78 is 0. The van der Waals surface area contributed by atoms with Crippen molar-refractivity contribution >= 4 is 17.8 Å². The maximum Gasteiger partial charge on any atom is 0.305 e. The number of hydrogen-bond donors (Lipinski definition) is 2. The molecule has 2 N–H and O–H groups in total. The summed E-state index contributed by atoms with van der Waals surface area (Å²) in [7, 11) is 0. The first kappa shape index (κ1) is 16.5. The molecule has 0 saturated carbocycles. The molecule has 1 aliphatic heterocycles. The molecule has 0 bridgehead atoms. The second-order valence-corrected chi connectivity index (χ2v) is 6.41. The van der Waals surface area contributed by atoms with Gasteiger partial charge in [0.05, 0.1) is 6.42 Å².